The first-order valence-electron chi connectivity index (χ1n) is 4.20. The number of rotatable bonds is 2. The molecule has 1 aliphatic heterocycles. The maximum absolute atomic E-state index is 8.99. The lowest BCUT2D eigenvalue weighted by Crippen LogP contribution is -2.47. The third-order valence-electron chi connectivity index (χ3n) is 2.02. The minimum Gasteiger partial charge on any atom is -0.395 e. The van der Waals surface area contributed by atoms with Gasteiger partial charge in [0.1, 0.15) is 0 Å². The summed E-state index contributed by atoms with van der Waals surface area (Å²) in [5.41, 5.74) is 0. The predicted molar refractivity (Wildman–Crippen MR) is 46.7 cm³/mol. The molecule has 68 valence electrons. The normalized spacial score (nSPS) is 24.7. The molecule has 1 atom stereocenters. The van der Waals surface area contributed by atoms with Gasteiger partial charge in [-0.1, -0.05) is 5.92 Å². The molecule has 1 saturated heterocycles. The van der Waals surface area contributed by atoms with Crippen molar-refractivity contribution < 1.29 is 9.84 Å². The highest BCUT2D eigenvalue weighted by molar-refractivity contribution is 4.99. The molecule has 0 aromatic carbocycles. The number of morpholine rings is 1. The second-order valence-electron chi connectivity index (χ2n) is 2.81. The topological polar surface area (TPSA) is 32.7 Å². The number of aliphatic hydroxyl groups is 1. The van der Waals surface area contributed by atoms with Crippen LogP contribution in [-0.2, 0) is 4.74 Å². The molecule has 12 heavy (non-hydrogen) atoms. The van der Waals surface area contributed by atoms with E-state index < -0.39 is 0 Å². The number of aliphatic hydroxyl groups excluding tert-OH is 1. The Bertz CT molecular complexity index is 183. The Hall–Kier alpha value is -0.560. The molecule has 0 spiro atoms. The van der Waals surface area contributed by atoms with Gasteiger partial charge in [-0.15, -0.1) is 5.92 Å². The molecule has 1 fully saturated rings. The monoisotopic (exact) mass is 169 g/mol. The Balaban J connectivity index is 2.39. The first-order chi connectivity index (χ1) is 5.88. The van der Waals surface area contributed by atoms with Crippen LogP contribution in [-0.4, -0.2) is 49.0 Å². The molecule has 1 aliphatic rings. The zero-order chi connectivity index (χ0) is 8.81. The number of hydrogen-bond acceptors (Lipinski definition) is 3. The van der Waals surface area contributed by atoms with Crippen molar-refractivity contribution in [2.75, 3.05) is 32.9 Å². The van der Waals surface area contributed by atoms with Crippen molar-refractivity contribution in [2.45, 2.75) is 13.0 Å². The number of ether oxygens (including phenoxy) is 1. The van der Waals surface area contributed by atoms with Gasteiger partial charge in [-0.25, -0.2) is 0 Å². The Morgan fingerprint density at radius 1 is 1.67 bits per heavy atom. The summed E-state index contributed by atoms with van der Waals surface area (Å²) in [5, 5.41) is 8.99. The highest BCUT2D eigenvalue weighted by Gasteiger charge is 2.20. The van der Waals surface area contributed by atoms with Gasteiger partial charge in [0.2, 0.25) is 0 Å². The van der Waals surface area contributed by atoms with Gasteiger partial charge in [0.15, 0.2) is 0 Å². The van der Waals surface area contributed by atoms with Crippen LogP contribution in [0.15, 0.2) is 0 Å². The second-order valence-corrected chi connectivity index (χ2v) is 2.81. The predicted octanol–water partition coefficient (Wildman–Crippen LogP) is -0.297. The SMILES string of the molecule is CC#CCN1CCOC[C@@H]1CO. The summed E-state index contributed by atoms with van der Waals surface area (Å²) in [4.78, 5) is 2.15. The van der Waals surface area contributed by atoms with Crippen molar-refractivity contribution in [3.63, 3.8) is 0 Å². The Morgan fingerprint density at radius 2 is 2.50 bits per heavy atom. The summed E-state index contributed by atoms with van der Waals surface area (Å²) in [6, 6.07) is 0.139. The highest BCUT2D eigenvalue weighted by Crippen LogP contribution is 2.04. The summed E-state index contributed by atoms with van der Waals surface area (Å²) in [7, 11) is 0. The molecule has 0 saturated carbocycles. The van der Waals surface area contributed by atoms with Crippen molar-refractivity contribution in [1.82, 2.24) is 4.90 Å². The van der Waals surface area contributed by atoms with Gasteiger partial charge in [-0.3, -0.25) is 4.90 Å². The van der Waals surface area contributed by atoms with Gasteiger partial charge in [-0.2, -0.15) is 0 Å². The van der Waals surface area contributed by atoms with Gasteiger partial charge < -0.3 is 9.84 Å². The Morgan fingerprint density at radius 3 is 3.17 bits per heavy atom. The molecule has 1 heterocycles. The van der Waals surface area contributed by atoms with Gasteiger partial charge in [0.25, 0.3) is 0 Å². The van der Waals surface area contributed by atoms with Crippen LogP contribution in [0.3, 0.4) is 0 Å². The molecule has 0 unspecified atom stereocenters. The minimum atomic E-state index is 0.139. The average molecular weight is 169 g/mol. The van der Waals surface area contributed by atoms with Crippen LogP contribution in [0.5, 0.6) is 0 Å². The third-order valence-corrected chi connectivity index (χ3v) is 2.02. The van der Waals surface area contributed by atoms with Gasteiger partial charge in [0.05, 0.1) is 32.4 Å². The molecular weight excluding hydrogens is 154 g/mol. The van der Waals surface area contributed by atoms with E-state index in [1.54, 1.807) is 0 Å². The molecule has 1 rings (SSSR count). The highest BCUT2D eigenvalue weighted by atomic mass is 16.5. The molecule has 0 bridgehead atoms. The van der Waals surface area contributed by atoms with Gasteiger partial charge in [-0.05, 0) is 6.92 Å². The standard InChI is InChI=1S/C9H15NO2/c1-2-3-4-10-5-6-12-8-9(10)7-11/h9,11H,4-8H2,1H3/t9-/m0/s1. The summed E-state index contributed by atoms with van der Waals surface area (Å²) in [6.45, 7) is 4.98. The van der Waals surface area contributed by atoms with Gasteiger partial charge >= 0.3 is 0 Å². The van der Waals surface area contributed by atoms with Crippen LogP contribution >= 0.6 is 0 Å². The van der Waals surface area contributed by atoms with E-state index in [1.165, 1.54) is 0 Å². The van der Waals surface area contributed by atoms with Gasteiger partial charge in [0, 0.05) is 6.54 Å². The molecule has 0 aromatic rings. The zero-order valence-electron chi connectivity index (χ0n) is 7.42. The Kier molecular flexibility index (Phi) is 4.09. The third kappa shape index (κ3) is 2.49. The molecule has 0 radical (unpaired) electrons. The quantitative estimate of drug-likeness (QED) is 0.576. The van der Waals surface area contributed by atoms with E-state index in [9.17, 15) is 0 Å². The first-order valence-corrected chi connectivity index (χ1v) is 4.20. The van der Waals surface area contributed by atoms with Crippen molar-refractivity contribution in [3.05, 3.63) is 0 Å². The summed E-state index contributed by atoms with van der Waals surface area (Å²) in [5.74, 6) is 5.84. The first kappa shape index (κ1) is 9.53. The van der Waals surface area contributed by atoms with Crippen LogP contribution < -0.4 is 0 Å². The van der Waals surface area contributed by atoms with E-state index in [0.717, 1.165) is 19.7 Å². The fraction of sp³-hybridized carbons (Fsp3) is 0.778. The molecule has 0 amide bonds. The molecular formula is C9H15NO2. The van der Waals surface area contributed by atoms with E-state index in [4.69, 9.17) is 9.84 Å². The lowest BCUT2D eigenvalue weighted by atomic mass is 10.2. The van der Waals surface area contributed by atoms with E-state index in [0.29, 0.717) is 6.61 Å². The van der Waals surface area contributed by atoms with Crippen LogP contribution in [0.25, 0.3) is 0 Å². The number of hydrogen-bond donors (Lipinski definition) is 1. The minimum absolute atomic E-state index is 0.139. The molecule has 1 N–H and O–H groups in total. The maximum atomic E-state index is 8.99. The van der Waals surface area contributed by atoms with Crippen LogP contribution in [0, 0.1) is 11.8 Å². The Labute approximate surface area is 73.3 Å². The lowest BCUT2D eigenvalue weighted by Gasteiger charge is -2.32. The number of nitrogens with zero attached hydrogens (tertiary/aromatic N) is 1. The van der Waals surface area contributed by atoms with E-state index in [1.807, 2.05) is 6.92 Å². The molecule has 3 nitrogen and oxygen atoms in total. The fourth-order valence-electron chi connectivity index (χ4n) is 1.25. The van der Waals surface area contributed by atoms with Crippen molar-refractivity contribution >= 4 is 0 Å². The summed E-state index contributed by atoms with van der Waals surface area (Å²) < 4.78 is 5.23. The average Bonchev–Trinajstić information content (AvgIpc) is 2.15. The van der Waals surface area contributed by atoms with Crippen molar-refractivity contribution in [2.24, 2.45) is 0 Å². The summed E-state index contributed by atoms with van der Waals surface area (Å²) in [6.07, 6.45) is 0. The van der Waals surface area contributed by atoms with E-state index >= 15 is 0 Å². The molecule has 0 aliphatic carbocycles. The van der Waals surface area contributed by atoms with E-state index in [2.05, 4.69) is 16.7 Å². The molecule has 0 aromatic heterocycles. The van der Waals surface area contributed by atoms with Crippen molar-refractivity contribution in [1.29, 1.82) is 0 Å². The van der Waals surface area contributed by atoms with Crippen LogP contribution in [0.1, 0.15) is 6.92 Å². The maximum Gasteiger partial charge on any atom is 0.0645 e. The zero-order valence-corrected chi connectivity index (χ0v) is 7.42. The second kappa shape index (κ2) is 5.15. The summed E-state index contributed by atoms with van der Waals surface area (Å²) >= 11 is 0. The fourth-order valence-corrected chi connectivity index (χ4v) is 1.25. The van der Waals surface area contributed by atoms with Crippen LogP contribution in [0.2, 0.25) is 0 Å². The van der Waals surface area contributed by atoms with Crippen LogP contribution in [0.4, 0.5) is 0 Å². The largest absolute Gasteiger partial charge is 0.395 e. The van der Waals surface area contributed by atoms with E-state index in [-0.39, 0.29) is 12.6 Å². The van der Waals surface area contributed by atoms with Crippen molar-refractivity contribution in [3.8, 4) is 11.8 Å². The smallest absolute Gasteiger partial charge is 0.0645 e. The molecule has 3 heteroatoms. The lowest BCUT2D eigenvalue weighted by molar-refractivity contribution is -0.0210.